The summed E-state index contributed by atoms with van der Waals surface area (Å²) in [5.74, 6) is -1.58. The fraction of sp³-hybridized carbons (Fsp3) is 0.545. The molecule has 3 aliphatic heterocycles. The molecule has 0 bridgehead atoms. The molecule has 4 atom stereocenters. The Bertz CT molecular complexity index is 1230. The van der Waals surface area contributed by atoms with Crippen molar-refractivity contribution in [1.29, 1.82) is 0 Å². The standard InChI is InChI=1S/C22H27N7O6S2/c1-24-17(30)13-10-5-29(2,6-11(10)13)4-9-7-36-20-15(19(32)28(20)16(9)21(33)34)26-18(31)14(27-35-3)12-8-37-22(23)25-12/h8,10-11,13,15,20H,4-7H2,1-3H3,(H4-,23,24,25,26,30,31,33,34)/b27-14-/t10?,11?,13?,15-,20+,29?/m1/s1. The first kappa shape index (κ1) is 25.5. The molecule has 1 aromatic rings. The number of fused-ring (bicyclic) bond motifs is 2. The van der Waals surface area contributed by atoms with Gasteiger partial charge in [-0.3, -0.25) is 19.3 Å². The van der Waals surface area contributed by atoms with E-state index in [2.05, 4.69) is 20.8 Å². The summed E-state index contributed by atoms with van der Waals surface area (Å²) in [6, 6.07) is -0.941. The minimum atomic E-state index is -1.42. The Morgan fingerprint density at radius 1 is 1.35 bits per heavy atom. The molecular formula is C22H27N7O6S2. The number of thioether (sulfide) groups is 1. The fourth-order valence-corrected chi connectivity index (χ4v) is 7.76. The third-order valence-corrected chi connectivity index (χ3v) is 9.46. The largest absolute Gasteiger partial charge is 0.543 e. The van der Waals surface area contributed by atoms with Crippen LogP contribution in [-0.4, -0.2) is 102 Å². The van der Waals surface area contributed by atoms with Crippen molar-refractivity contribution in [2.24, 2.45) is 22.9 Å². The second-order valence-corrected chi connectivity index (χ2v) is 11.9. The van der Waals surface area contributed by atoms with Crippen LogP contribution in [0.4, 0.5) is 5.13 Å². The van der Waals surface area contributed by atoms with Gasteiger partial charge in [-0.15, -0.1) is 23.1 Å². The predicted octanol–water partition coefficient (Wildman–Crippen LogP) is -2.45. The molecule has 3 amide bonds. The molecule has 0 aromatic carbocycles. The van der Waals surface area contributed by atoms with E-state index >= 15 is 0 Å². The zero-order valence-electron chi connectivity index (χ0n) is 20.4. The highest BCUT2D eigenvalue weighted by atomic mass is 32.2. The number of hydrogen-bond acceptors (Lipinski definition) is 11. The zero-order chi connectivity index (χ0) is 26.6. The number of carbonyl (C=O) groups is 4. The van der Waals surface area contributed by atoms with Crippen LogP contribution in [0.15, 0.2) is 21.8 Å². The number of nitrogen functional groups attached to an aromatic ring is 1. The summed E-state index contributed by atoms with van der Waals surface area (Å²) in [5.41, 5.74) is 6.22. The van der Waals surface area contributed by atoms with Crippen molar-refractivity contribution in [3.05, 3.63) is 22.3 Å². The number of nitrogens with zero attached hydrogens (tertiary/aromatic N) is 4. The highest BCUT2D eigenvalue weighted by Crippen LogP contribution is 2.54. The van der Waals surface area contributed by atoms with E-state index in [9.17, 15) is 24.3 Å². The highest BCUT2D eigenvalue weighted by molar-refractivity contribution is 8.00. The molecule has 1 aliphatic carbocycles. The summed E-state index contributed by atoms with van der Waals surface area (Å²) in [7, 11) is 4.96. The average Bonchev–Trinajstić information content (AvgIpc) is 3.14. The average molecular weight is 550 g/mol. The Hall–Kier alpha value is -3.17. The lowest BCUT2D eigenvalue weighted by atomic mass is 10.0. The van der Waals surface area contributed by atoms with Gasteiger partial charge in [0, 0.05) is 35.6 Å². The van der Waals surface area contributed by atoms with Gasteiger partial charge in [0.25, 0.3) is 11.8 Å². The first-order chi connectivity index (χ1) is 17.6. The Balaban J connectivity index is 1.29. The molecule has 1 aromatic heterocycles. The Kier molecular flexibility index (Phi) is 6.40. The number of likely N-dealkylation sites (N-methyl/N-ethyl adjacent to an activating group) is 1. The minimum Gasteiger partial charge on any atom is -0.543 e. The van der Waals surface area contributed by atoms with Crippen molar-refractivity contribution in [2.75, 3.05) is 52.3 Å². The van der Waals surface area contributed by atoms with E-state index < -0.39 is 29.2 Å². The number of piperidine rings is 1. The molecule has 2 unspecified atom stereocenters. The number of aromatic nitrogens is 1. The number of oxime groups is 1. The third-order valence-electron chi connectivity index (χ3n) is 7.45. The Labute approximate surface area is 220 Å². The topological polar surface area (TPSA) is 179 Å². The van der Waals surface area contributed by atoms with Gasteiger partial charge in [-0.2, -0.15) is 0 Å². The maximum atomic E-state index is 13.1. The van der Waals surface area contributed by atoms with Gasteiger partial charge in [-0.25, -0.2) is 4.98 Å². The van der Waals surface area contributed by atoms with Crippen LogP contribution in [0.25, 0.3) is 0 Å². The van der Waals surface area contributed by atoms with Crippen LogP contribution in [0.2, 0.25) is 0 Å². The van der Waals surface area contributed by atoms with Crippen LogP contribution >= 0.6 is 23.1 Å². The van der Waals surface area contributed by atoms with Crippen molar-refractivity contribution in [2.45, 2.75) is 11.4 Å². The fourth-order valence-electron chi connectivity index (χ4n) is 5.88. The maximum absolute atomic E-state index is 13.1. The monoisotopic (exact) mass is 549 g/mol. The molecule has 15 heteroatoms. The number of carbonyl (C=O) groups excluding carboxylic acids is 4. The molecule has 13 nitrogen and oxygen atoms in total. The lowest BCUT2D eigenvalue weighted by Crippen LogP contribution is -2.71. The number of rotatable bonds is 8. The van der Waals surface area contributed by atoms with E-state index in [-0.39, 0.29) is 34.1 Å². The zero-order valence-corrected chi connectivity index (χ0v) is 22.1. The van der Waals surface area contributed by atoms with Crippen LogP contribution in [0.1, 0.15) is 5.69 Å². The summed E-state index contributed by atoms with van der Waals surface area (Å²) in [6.07, 6.45) is 0. The van der Waals surface area contributed by atoms with E-state index in [4.69, 9.17) is 10.6 Å². The van der Waals surface area contributed by atoms with Gasteiger partial charge in [0.15, 0.2) is 10.8 Å². The van der Waals surface area contributed by atoms with E-state index in [1.807, 2.05) is 7.05 Å². The second kappa shape index (κ2) is 9.29. The lowest BCUT2D eigenvalue weighted by molar-refractivity contribution is -0.898. The number of likely N-dealkylation sites (tertiary alicyclic amines) is 1. The summed E-state index contributed by atoms with van der Waals surface area (Å²) < 4.78 is 0.607. The minimum absolute atomic E-state index is 0.0319. The number of thiazole rings is 1. The molecule has 37 heavy (non-hydrogen) atoms. The van der Waals surface area contributed by atoms with Crippen LogP contribution in [0.3, 0.4) is 0 Å². The van der Waals surface area contributed by atoms with Crippen LogP contribution in [0, 0.1) is 17.8 Å². The number of carboxylic acids is 1. The van der Waals surface area contributed by atoms with Crippen LogP contribution in [-0.2, 0) is 24.0 Å². The maximum Gasteiger partial charge on any atom is 0.276 e. The van der Waals surface area contributed by atoms with Gasteiger partial charge in [-0.1, -0.05) is 5.16 Å². The molecule has 0 spiro atoms. The number of nitrogens with one attached hydrogen (secondary N) is 2. The number of aliphatic carboxylic acids is 1. The number of nitrogens with two attached hydrogens (primary N) is 1. The third kappa shape index (κ3) is 4.34. The Morgan fingerprint density at radius 3 is 2.62 bits per heavy atom. The van der Waals surface area contributed by atoms with Gasteiger partial charge in [0.1, 0.15) is 30.8 Å². The number of hydrogen-bond donors (Lipinski definition) is 3. The summed E-state index contributed by atoms with van der Waals surface area (Å²) in [6.45, 7) is 2.00. The number of carboxylic acid groups (broad SMARTS) is 1. The van der Waals surface area contributed by atoms with Crippen molar-refractivity contribution >= 4 is 57.6 Å². The van der Waals surface area contributed by atoms with Gasteiger partial charge >= 0.3 is 0 Å². The number of amides is 3. The van der Waals surface area contributed by atoms with Gasteiger partial charge < -0.3 is 35.6 Å². The molecular weight excluding hydrogens is 522 g/mol. The molecule has 3 fully saturated rings. The van der Waals surface area contributed by atoms with Crippen molar-refractivity contribution in [3.8, 4) is 0 Å². The quantitative estimate of drug-likeness (QED) is 0.137. The van der Waals surface area contributed by atoms with Crippen molar-refractivity contribution < 1.29 is 33.6 Å². The highest BCUT2D eigenvalue weighted by Gasteiger charge is 2.65. The van der Waals surface area contributed by atoms with Crippen molar-refractivity contribution in [3.63, 3.8) is 0 Å². The molecule has 0 radical (unpaired) electrons. The van der Waals surface area contributed by atoms with E-state index in [0.29, 0.717) is 34.2 Å². The molecule has 198 valence electrons. The molecule has 4 aliphatic rings. The SMILES string of the molecule is CNC(=O)C1C2C[N+](C)(CC3=C(C(=O)[O-])N4C(=O)[C@@H](NC(=O)/C(=N\OC)c5csc(N)n5)[C@@H]4SC3)CC21. The van der Waals surface area contributed by atoms with Crippen LogP contribution < -0.4 is 21.5 Å². The van der Waals surface area contributed by atoms with Gasteiger partial charge in [0.05, 0.1) is 37.7 Å². The Morgan fingerprint density at radius 2 is 2.05 bits per heavy atom. The van der Waals surface area contributed by atoms with Gasteiger partial charge in [-0.05, 0) is 0 Å². The normalized spacial score (nSPS) is 32.3. The van der Waals surface area contributed by atoms with E-state index in [0.717, 1.165) is 24.4 Å². The van der Waals surface area contributed by atoms with E-state index in [1.54, 1.807) is 12.4 Å². The van der Waals surface area contributed by atoms with E-state index in [1.165, 1.54) is 23.8 Å². The molecule has 5 rings (SSSR count). The first-order valence-corrected chi connectivity index (χ1v) is 13.6. The smallest absolute Gasteiger partial charge is 0.276 e. The van der Waals surface area contributed by atoms with Crippen molar-refractivity contribution in [1.82, 2.24) is 20.5 Å². The number of anilines is 1. The number of quaternary nitrogens is 1. The molecule has 2 saturated heterocycles. The molecule has 1 saturated carbocycles. The number of β-lactam (4-membered cyclic amide) rings is 1. The lowest BCUT2D eigenvalue weighted by Gasteiger charge is -2.51. The molecule has 4 N–H and O–H groups in total. The first-order valence-electron chi connectivity index (χ1n) is 11.6. The summed E-state index contributed by atoms with van der Waals surface area (Å²) in [4.78, 5) is 60.1. The summed E-state index contributed by atoms with van der Waals surface area (Å²) in [5, 5.41) is 22.4. The van der Waals surface area contributed by atoms with Gasteiger partial charge in [0.2, 0.25) is 5.91 Å². The second-order valence-electron chi connectivity index (χ2n) is 9.90. The van der Waals surface area contributed by atoms with Crippen LogP contribution in [0.5, 0.6) is 0 Å². The summed E-state index contributed by atoms with van der Waals surface area (Å²) >= 11 is 2.51. The predicted molar refractivity (Wildman–Crippen MR) is 132 cm³/mol. The molecule has 4 heterocycles.